The van der Waals surface area contributed by atoms with Gasteiger partial charge in [0, 0.05) is 0 Å². The summed E-state index contributed by atoms with van der Waals surface area (Å²) in [6.45, 7) is 32.7. The summed E-state index contributed by atoms with van der Waals surface area (Å²) < 4.78 is 0.131. The van der Waals surface area contributed by atoms with Gasteiger partial charge in [-0.25, -0.2) is 0 Å². The molecule has 2 unspecified atom stereocenters. The van der Waals surface area contributed by atoms with Crippen LogP contribution < -0.4 is 0 Å². The van der Waals surface area contributed by atoms with Crippen molar-refractivity contribution in [1.29, 1.82) is 0 Å². The second kappa shape index (κ2) is 13.4. The zero-order chi connectivity index (χ0) is 38.4. The molecule has 0 aliphatic heterocycles. The monoisotopic (exact) mass is 825 g/mol. The van der Waals surface area contributed by atoms with Crippen LogP contribution in [-0.4, -0.2) is 5.92 Å². The van der Waals surface area contributed by atoms with Gasteiger partial charge in [0.2, 0.25) is 0 Å². The predicted octanol–water partition coefficient (Wildman–Crippen LogP) is 15.1. The zero-order valence-electron chi connectivity index (χ0n) is 34.2. The summed E-state index contributed by atoms with van der Waals surface area (Å²) in [5.74, 6) is -1.33. The van der Waals surface area contributed by atoms with Crippen molar-refractivity contribution >= 4 is 35.1 Å². The molecule has 4 aromatic rings. The molecule has 2 aliphatic carbocycles. The number of fused-ring (bicyclic) bond motifs is 2. The maximum absolute atomic E-state index is 8.72. The molecule has 0 aromatic heterocycles. The topological polar surface area (TPSA) is 0 Å². The Morgan fingerprint density at radius 1 is 0.577 bits per heavy atom. The molecule has 0 amide bonds. The molecule has 2 aliphatic rings. The molecule has 275 valence electrons. The van der Waals surface area contributed by atoms with E-state index in [1.54, 1.807) is 0 Å². The van der Waals surface area contributed by atoms with Crippen LogP contribution in [0.4, 0.5) is 0 Å². The van der Waals surface area contributed by atoms with Gasteiger partial charge in [-0.3, -0.25) is 0 Å². The van der Waals surface area contributed by atoms with E-state index >= 15 is 0 Å². The Balaban J connectivity index is 1.55. The van der Waals surface area contributed by atoms with E-state index in [1.165, 1.54) is 72.3 Å². The minimum atomic E-state index is -4.88. The number of benzene rings is 4. The van der Waals surface area contributed by atoms with Gasteiger partial charge in [-0.1, -0.05) is 0 Å². The molecule has 0 heterocycles. The molecule has 0 fully saturated rings. The van der Waals surface area contributed by atoms with E-state index in [0.717, 1.165) is 0 Å². The van der Waals surface area contributed by atoms with Gasteiger partial charge in [0.25, 0.3) is 0 Å². The fraction of sp³-hybridized carbons (Fsp3) is 0.417. The van der Waals surface area contributed by atoms with Crippen LogP contribution in [0.3, 0.4) is 0 Å². The van der Waals surface area contributed by atoms with Crippen molar-refractivity contribution in [3.8, 4) is 22.3 Å². The third-order valence-electron chi connectivity index (χ3n) is 12.3. The molecule has 4 heteroatoms. The summed E-state index contributed by atoms with van der Waals surface area (Å²) in [4.78, 5) is 0. The van der Waals surface area contributed by atoms with Gasteiger partial charge in [0.1, 0.15) is 0 Å². The standard InChI is InChI=1S/C24H29.C22H25.C2H7Si.2ClH.Zr/c1-16-11-17-9-8-10-21(22(17)12-16)18-13-19(23(2,3)4)15-20(14-18)24(5,6)7;1-15(2)18-13-17-7-6-8-20(21(17)14-18)16-9-11-19(12-10-16)22(3,4)5;1-3-2;;;/h8-15H,1-7H3;6-15H,1-5H3;3H,1-2H3;2*1H;/q;;;;;+2/p-2. The summed E-state index contributed by atoms with van der Waals surface area (Å²) in [5.41, 5.74) is 17.5. The van der Waals surface area contributed by atoms with Gasteiger partial charge in [-0.05, 0) is 0 Å². The van der Waals surface area contributed by atoms with Crippen molar-refractivity contribution in [2.24, 2.45) is 5.92 Å². The SMILES string of the molecule is CC1=Cc2c(-c3cc(C(C)(C)C)cc(C(C)(C)C)c3)cccc2[CH]1[Zr]([Cl])([Cl])([CH]1C(C(C)C)=Cc2c(-c3ccc(C(C)(C)C)cc3)cccc21)[SiH](C)C. The van der Waals surface area contributed by atoms with E-state index in [-0.39, 0.29) is 23.5 Å². The molecular weight excluding hydrogens is 767 g/mol. The van der Waals surface area contributed by atoms with Crippen molar-refractivity contribution < 1.29 is 15.6 Å². The Bertz CT molecular complexity index is 2060. The summed E-state index contributed by atoms with van der Waals surface area (Å²) in [6, 6.07) is 30.3. The van der Waals surface area contributed by atoms with Gasteiger partial charge in [0.05, 0.1) is 0 Å². The third-order valence-corrected chi connectivity index (χ3v) is 64.2. The van der Waals surface area contributed by atoms with E-state index in [1.807, 2.05) is 0 Å². The first-order valence-electron chi connectivity index (χ1n) is 19.4. The molecule has 0 saturated heterocycles. The van der Waals surface area contributed by atoms with Crippen molar-refractivity contribution in [3.63, 3.8) is 0 Å². The van der Waals surface area contributed by atoms with E-state index in [2.05, 4.69) is 187 Å². The Labute approximate surface area is 324 Å². The Hall–Kier alpha value is -1.96. The third kappa shape index (κ3) is 6.69. The number of hydrogen-bond acceptors (Lipinski definition) is 0. The van der Waals surface area contributed by atoms with Crippen molar-refractivity contribution in [3.05, 3.63) is 129 Å². The molecular formula is C48H61Cl2SiZr. The Morgan fingerprint density at radius 2 is 1.04 bits per heavy atom. The predicted molar refractivity (Wildman–Crippen MR) is 232 cm³/mol. The second-order valence-corrected chi connectivity index (χ2v) is 62.2. The molecule has 0 spiro atoms. The average Bonchev–Trinajstić information content (AvgIpc) is 3.62. The summed E-state index contributed by atoms with van der Waals surface area (Å²) in [7, 11) is 17.4. The molecule has 2 atom stereocenters. The number of allylic oxidation sites excluding steroid dienone is 2. The number of halogens is 2. The molecule has 4 aromatic carbocycles. The first-order chi connectivity index (χ1) is 23.9. The average molecular weight is 828 g/mol. The fourth-order valence-electron chi connectivity index (χ4n) is 8.96. The zero-order valence-corrected chi connectivity index (χ0v) is 39.4. The Kier molecular flexibility index (Phi) is 10.2. The van der Waals surface area contributed by atoms with Crippen LogP contribution in [0, 0.1) is 5.92 Å². The van der Waals surface area contributed by atoms with Crippen LogP contribution in [0.25, 0.3) is 34.4 Å². The minimum absolute atomic E-state index is 0.0380. The van der Waals surface area contributed by atoms with Crippen LogP contribution in [-0.2, 0) is 31.8 Å². The first kappa shape index (κ1) is 39.7. The van der Waals surface area contributed by atoms with Crippen LogP contribution >= 0.6 is 17.0 Å². The summed E-state index contributed by atoms with van der Waals surface area (Å²) in [5, 5.41) is 0. The first-order valence-corrected chi connectivity index (χ1v) is 35.8. The summed E-state index contributed by atoms with van der Waals surface area (Å²) >= 11 is -4.88. The van der Waals surface area contributed by atoms with Gasteiger partial charge in [-0.15, -0.1) is 0 Å². The van der Waals surface area contributed by atoms with E-state index in [4.69, 9.17) is 17.0 Å². The van der Waals surface area contributed by atoms with E-state index in [9.17, 15) is 0 Å². The van der Waals surface area contributed by atoms with Crippen LogP contribution in [0.15, 0.2) is 90.0 Å². The van der Waals surface area contributed by atoms with Crippen LogP contribution in [0.2, 0.25) is 13.1 Å². The Morgan fingerprint density at radius 3 is 1.50 bits per heavy atom. The van der Waals surface area contributed by atoms with Crippen molar-refractivity contribution in [2.75, 3.05) is 0 Å². The van der Waals surface area contributed by atoms with Crippen LogP contribution in [0.1, 0.15) is 129 Å². The molecule has 6 rings (SSSR count). The van der Waals surface area contributed by atoms with Gasteiger partial charge in [0.15, 0.2) is 0 Å². The molecule has 52 heavy (non-hydrogen) atoms. The van der Waals surface area contributed by atoms with Gasteiger partial charge >= 0.3 is 327 Å². The van der Waals surface area contributed by atoms with E-state index in [0.29, 0.717) is 5.92 Å². The normalized spacial score (nSPS) is 18.6. The maximum atomic E-state index is 8.72. The molecule has 0 bridgehead atoms. The van der Waals surface area contributed by atoms with Crippen molar-refractivity contribution in [1.82, 2.24) is 0 Å². The van der Waals surface area contributed by atoms with E-state index < -0.39 is 21.5 Å². The van der Waals surface area contributed by atoms with Crippen LogP contribution in [0.5, 0.6) is 0 Å². The molecule has 0 radical (unpaired) electrons. The quantitative estimate of drug-likeness (QED) is 0.170. The number of hydrogen-bond donors (Lipinski definition) is 0. The fourth-order valence-corrected chi connectivity index (χ4v) is 41.2. The van der Waals surface area contributed by atoms with Crippen molar-refractivity contribution in [2.45, 2.75) is 120 Å². The molecule has 0 N–H and O–H groups in total. The van der Waals surface area contributed by atoms with Gasteiger partial charge < -0.3 is 0 Å². The van der Waals surface area contributed by atoms with Gasteiger partial charge in [-0.2, -0.15) is 0 Å². The number of rotatable bonds is 6. The second-order valence-electron chi connectivity index (χ2n) is 19.7. The molecule has 0 nitrogen and oxygen atoms in total. The summed E-state index contributed by atoms with van der Waals surface area (Å²) in [6.07, 6.45) is 4.94. The molecule has 0 saturated carbocycles.